The fourth-order valence-electron chi connectivity index (χ4n) is 3.24. The molecule has 2 aromatic rings. The van der Waals surface area contributed by atoms with Crippen LogP contribution in [0, 0.1) is 5.92 Å². The van der Waals surface area contributed by atoms with Crippen LogP contribution in [0.5, 0.6) is 0 Å². The Morgan fingerprint density at radius 3 is 2.46 bits per heavy atom. The van der Waals surface area contributed by atoms with E-state index in [-0.39, 0.29) is 30.9 Å². The van der Waals surface area contributed by atoms with Gasteiger partial charge in [0.05, 0.1) is 12.6 Å². The molecule has 1 fully saturated rings. The third-order valence-electron chi connectivity index (χ3n) is 4.87. The fourth-order valence-corrected chi connectivity index (χ4v) is 3.24. The average molecular weight is 382 g/mol. The highest BCUT2D eigenvalue weighted by Crippen LogP contribution is 2.31. The zero-order valence-corrected chi connectivity index (χ0v) is 16.2. The van der Waals surface area contributed by atoms with Crippen LogP contribution in [0.4, 0.5) is 5.69 Å². The number of aliphatic hydroxyl groups excluding tert-OH is 1. The molecular weight excluding hydrogens is 356 g/mol. The van der Waals surface area contributed by atoms with Crippen molar-refractivity contribution in [3.63, 3.8) is 0 Å². The summed E-state index contributed by atoms with van der Waals surface area (Å²) < 4.78 is 5.77. The summed E-state index contributed by atoms with van der Waals surface area (Å²) in [4.78, 5) is 25.9. The standard InChI is InChI=1S/C22H26N2O4/c1-15(2)22(27)23-18-10-8-17(9-11-18)21-19(13-25)24(20(26)14-28-21)12-16-6-4-3-5-7-16/h3-11,15,19,21,25H,12-14H2,1-2H3,(H,23,27). The fraction of sp³-hybridized carbons (Fsp3) is 0.364. The summed E-state index contributed by atoms with van der Waals surface area (Å²) in [6.07, 6.45) is -0.429. The van der Waals surface area contributed by atoms with E-state index in [9.17, 15) is 14.7 Å². The van der Waals surface area contributed by atoms with Gasteiger partial charge in [-0.25, -0.2) is 0 Å². The highest BCUT2D eigenvalue weighted by molar-refractivity contribution is 5.92. The van der Waals surface area contributed by atoms with Crippen molar-refractivity contribution in [2.24, 2.45) is 5.92 Å². The molecule has 0 aromatic heterocycles. The van der Waals surface area contributed by atoms with Gasteiger partial charge < -0.3 is 20.1 Å². The number of nitrogens with zero attached hydrogens (tertiary/aromatic N) is 1. The second-order valence-corrected chi connectivity index (χ2v) is 7.25. The number of benzene rings is 2. The summed E-state index contributed by atoms with van der Waals surface area (Å²) in [6, 6.07) is 16.6. The molecule has 2 unspecified atom stereocenters. The second kappa shape index (κ2) is 8.99. The number of hydrogen-bond acceptors (Lipinski definition) is 4. The van der Waals surface area contributed by atoms with Crippen LogP contribution >= 0.6 is 0 Å². The number of anilines is 1. The highest BCUT2D eigenvalue weighted by atomic mass is 16.5. The molecule has 0 radical (unpaired) electrons. The Kier molecular flexibility index (Phi) is 6.44. The van der Waals surface area contributed by atoms with E-state index in [1.807, 2.05) is 68.4 Å². The zero-order chi connectivity index (χ0) is 20.1. The molecule has 0 saturated carbocycles. The first-order chi connectivity index (χ1) is 13.5. The lowest BCUT2D eigenvalue weighted by Crippen LogP contribution is -2.52. The van der Waals surface area contributed by atoms with Crippen LogP contribution in [0.3, 0.4) is 0 Å². The summed E-state index contributed by atoms with van der Waals surface area (Å²) in [5, 5.41) is 12.8. The molecule has 28 heavy (non-hydrogen) atoms. The van der Waals surface area contributed by atoms with E-state index >= 15 is 0 Å². The molecule has 3 rings (SSSR count). The van der Waals surface area contributed by atoms with Crippen LogP contribution in [-0.2, 0) is 20.9 Å². The van der Waals surface area contributed by atoms with Gasteiger partial charge in [-0.05, 0) is 23.3 Å². The van der Waals surface area contributed by atoms with E-state index in [1.165, 1.54) is 0 Å². The van der Waals surface area contributed by atoms with Gasteiger partial charge in [-0.1, -0.05) is 56.3 Å². The second-order valence-electron chi connectivity index (χ2n) is 7.25. The van der Waals surface area contributed by atoms with Crippen molar-refractivity contribution >= 4 is 17.5 Å². The van der Waals surface area contributed by atoms with Crippen LogP contribution in [-0.4, -0.2) is 41.1 Å². The SMILES string of the molecule is CC(C)C(=O)Nc1ccc(C2OCC(=O)N(Cc3ccccc3)C2CO)cc1. The number of carbonyl (C=O) groups is 2. The van der Waals surface area contributed by atoms with Gasteiger partial charge in [0.2, 0.25) is 11.8 Å². The molecule has 0 aliphatic carbocycles. The largest absolute Gasteiger partial charge is 0.394 e. The molecule has 2 N–H and O–H groups in total. The van der Waals surface area contributed by atoms with Gasteiger partial charge in [0.15, 0.2) is 0 Å². The number of nitrogens with one attached hydrogen (secondary N) is 1. The predicted octanol–water partition coefficient (Wildman–Crippen LogP) is 2.74. The minimum atomic E-state index is -0.474. The smallest absolute Gasteiger partial charge is 0.249 e. The third kappa shape index (κ3) is 4.58. The van der Waals surface area contributed by atoms with Crippen molar-refractivity contribution in [3.05, 3.63) is 65.7 Å². The topological polar surface area (TPSA) is 78.9 Å². The maximum absolute atomic E-state index is 12.4. The van der Waals surface area contributed by atoms with E-state index in [1.54, 1.807) is 4.90 Å². The normalized spacial score (nSPS) is 19.7. The molecule has 1 heterocycles. The number of amides is 2. The molecule has 1 aliphatic heterocycles. The Bertz CT molecular complexity index is 805. The predicted molar refractivity (Wildman–Crippen MR) is 106 cm³/mol. The summed E-state index contributed by atoms with van der Waals surface area (Å²) in [7, 11) is 0. The lowest BCUT2D eigenvalue weighted by Gasteiger charge is -2.40. The summed E-state index contributed by atoms with van der Waals surface area (Å²) >= 11 is 0. The molecular formula is C22H26N2O4. The molecule has 0 bridgehead atoms. The molecule has 2 aromatic carbocycles. The first-order valence-corrected chi connectivity index (χ1v) is 9.46. The number of ether oxygens (including phenoxy) is 1. The van der Waals surface area contributed by atoms with Crippen molar-refractivity contribution in [2.45, 2.75) is 32.5 Å². The Labute approximate surface area is 165 Å². The van der Waals surface area contributed by atoms with Crippen molar-refractivity contribution in [3.8, 4) is 0 Å². The lowest BCUT2D eigenvalue weighted by molar-refractivity contribution is -0.162. The van der Waals surface area contributed by atoms with Gasteiger partial charge in [-0.3, -0.25) is 9.59 Å². The van der Waals surface area contributed by atoms with Crippen LogP contribution < -0.4 is 5.32 Å². The first kappa shape index (κ1) is 20.0. The van der Waals surface area contributed by atoms with Gasteiger partial charge in [0.25, 0.3) is 0 Å². The molecule has 2 amide bonds. The van der Waals surface area contributed by atoms with Crippen molar-refractivity contribution < 1.29 is 19.4 Å². The summed E-state index contributed by atoms with van der Waals surface area (Å²) in [5.41, 5.74) is 2.56. The Balaban J connectivity index is 1.77. The maximum atomic E-state index is 12.4. The van der Waals surface area contributed by atoms with Crippen molar-refractivity contribution in [1.29, 1.82) is 0 Å². The molecule has 1 aliphatic rings. The monoisotopic (exact) mass is 382 g/mol. The number of morpholine rings is 1. The van der Waals surface area contributed by atoms with E-state index in [4.69, 9.17) is 4.74 Å². The minimum Gasteiger partial charge on any atom is -0.394 e. The van der Waals surface area contributed by atoms with Crippen molar-refractivity contribution in [1.82, 2.24) is 4.90 Å². The zero-order valence-electron chi connectivity index (χ0n) is 16.2. The van der Waals surface area contributed by atoms with Gasteiger partial charge in [-0.2, -0.15) is 0 Å². The van der Waals surface area contributed by atoms with Crippen LogP contribution in [0.2, 0.25) is 0 Å². The maximum Gasteiger partial charge on any atom is 0.249 e. The molecule has 2 atom stereocenters. The number of hydrogen-bond donors (Lipinski definition) is 2. The molecule has 6 heteroatoms. The van der Waals surface area contributed by atoms with Crippen molar-refractivity contribution in [2.75, 3.05) is 18.5 Å². The molecule has 0 spiro atoms. The van der Waals surface area contributed by atoms with Crippen LogP contribution in [0.1, 0.15) is 31.1 Å². The number of carbonyl (C=O) groups excluding carboxylic acids is 2. The number of aliphatic hydroxyl groups is 1. The molecule has 6 nitrogen and oxygen atoms in total. The Morgan fingerprint density at radius 2 is 1.86 bits per heavy atom. The van der Waals surface area contributed by atoms with E-state index < -0.39 is 12.1 Å². The van der Waals surface area contributed by atoms with Gasteiger partial charge >= 0.3 is 0 Å². The van der Waals surface area contributed by atoms with Crippen LogP contribution in [0.15, 0.2) is 54.6 Å². The minimum absolute atomic E-state index is 0.0279. The van der Waals surface area contributed by atoms with E-state index in [2.05, 4.69) is 5.32 Å². The van der Waals surface area contributed by atoms with Gasteiger partial charge in [-0.15, -0.1) is 0 Å². The van der Waals surface area contributed by atoms with Gasteiger partial charge in [0.1, 0.15) is 12.7 Å². The third-order valence-corrected chi connectivity index (χ3v) is 4.87. The lowest BCUT2D eigenvalue weighted by atomic mass is 9.98. The van der Waals surface area contributed by atoms with Gasteiger partial charge in [0, 0.05) is 18.2 Å². The quantitative estimate of drug-likeness (QED) is 0.805. The first-order valence-electron chi connectivity index (χ1n) is 9.46. The summed E-state index contributed by atoms with van der Waals surface area (Å²) in [6.45, 7) is 3.87. The van der Waals surface area contributed by atoms with E-state index in [0.29, 0.717) is 12.2 Å². The van der Waals surface area contributed by atoms with Crippen LogP contribution in [0.25, 0.3) is 0 Å². The van der Waals surface area contributed by atoms with E-state index in [0.717, 1.165) is 11.1 Å². The Hall–Kier alpha value is -2.70. The highest BCUT2D eigenvalue weighted by Gasteiger charge is 2.37. The molecule has 1 saturated heterocycles. The number of rotatable bonds is 6. The molecule has 148 valence electrons. The average Bonchev–Trinajstić information content (AvgIpc) is 2.70. The summed E-state index contributed by atoms with van der Waals surface area (Å²) in [5.74, 6) is -0.285. The Morgan fingerprint density at radius 1 is 1.18 bits per heavy atom.